The number of amides is 2. The number of hydrogen-bond donors (Lipinski definition) is 2. The summed E-state index contributed by atoms with van der Waals surface area (Å²) >= 11 is 3.36. The van der Waals surface area contributed by atoms with Gasteiger partial charge in [0.1, 0.15) is 5.75 Å². The van der Waals surface area contributed by atoms with E-state index < -0.39 is 0 Å². The fourth-order valence-corrected chi connectivity index (χ4v) is 1.79. The quantitative estimate of drug-likeness (QED) is 0.711. The molecule has 1 aromatic rings. The van der Waals surface area contributed by atoms with E-state index in [0.717, 1.165) is 4.47 Å². The van der Waals surface area contributed by atoms with Crippen LogP contribution in [0.1, 0.15) is 19.3 Å². The molecule has 0 atom stereocenters. The van der Waals surface area contributed by atoms with E-state index in [1.54, 1.807) is 0 Å². The highest BCUT2D eigenvalue weighted by Crippen LogP contribution is 2.23. The minimum atomic E-state index is -0.355. The molecule has 0 saturated heterocycles. The Morgan fingerprint density at radius 1 is 1.26 bits per heavy atom. The van der Waals surface area contributed by atoms with Crippen molar-refractivity contribution in [3.63, 3.8) is 0 Å². The van der Waals surface area contributed by atoms with Gasteiger partial charge in [-0.25, -0.2) is 0 Å². The largest absolute Gasteiger partial charge is 0.492 e. The Morgan fingerprint density at radius 3 is 2.68 bits per heavy atom. The molecule has 0 spiro atoms. The second-order valence-electron chi connectivity index (χ2n) is 3.95. The van der Waals surface area contributed by atoms with Gasteiger partial charge in [-0.1, -0.05) is 12.1 Å². The number of primary amides is 1. The molecule has 0 unspecified atom stereocenters. The van der Waals surface area contributed by atoms with Gasteiger partial charge in [-0.15, -0.1) is 0 Å². The van der Waals surface area contributed by atoms with Crippen LogP contribution < -0.4 is 15.8 Å². The lowest BCUT2D eigenvalue weighted by molar-refractivity contribution is -0.122. The van der Waals surface area contributed by atoms with Crippen molar-refractivity contribution in [2.45, 2.75) is 19.3 Å². The third-order valence-electron chi connectivity index (χ3n) is 2.35. The number of ether oxygens (including phenoxy) is 1. The molecule has 1 rings (SSSR count). The third kappa shape index (κ3) is 6.81. The van der Waals surface area contributed by atoms with E-state index in [9.17, 15) is 9.59 Å². The fourth-order valence-electron chi connectivity index (χ4n) is 1.39. The first kappa shape index (κ1) is 15.5. The molecule has 0 radical (unpaired) electrons. The Morgan fingerprint density at radius 2 is 2.00 bits per heavy atom. The SMILES string of the molecule is NC(=O)CCCNC(=O)CCOc1ccccc1Br. The molecular weight excluding hydrogens is 312 g/mol. The van der Waals surface area contributed by atoms with E-state index in [1.165, 1.54) is 0 Å². The number of carbonyl (C=O) groups excluding carboxylic acids is 2. The Kier molecular flexibility index (Phi) is 6.95. The van der Waals surface area contributed by atoms with Crippen LogP contribution in [0, 0.1) is 0 Å². The molecule has 0 aliphatic rings. The summed E-state index contributed by atoms with van der Waals surface area (Å²) in [5, 5.41) is 2.70. The second-order valence-corrected chi connectivity index (χ2v) is 4.80. The van der Waals surface area contributed by atoms with E-state index in [1.807, 2.05) is 24.3 Å². The van der Waals surface area contributed by atoms with Gasteiger partial charge in [-0.2, -0.15) is 0 Å². The summed E-state index contributed by atoms with van der Waals surface area (Å²) < 4.78 is 6.33. The highest BCUT2D eigenvalue weighted by molar-refractivity contribution is 9.10. The van der Waals surface area contributed by atoms with E-state index in [2.05, 4.69) is 21.2 Å². The van der Waals surface area contributed by atoms with Crippen LogP contribution in [0.3, 0.4) is 0 Å². The summed E-state index contributed by atoms with van der Waals surface area (Å²) in [6.45, 7) is 0.765. The van der Waals surface area contributed by atoms with Crippen LogP contribution >= 0.6 is 15.9 Å². The minimum absolute atomic E-state index is 0.100. The maximum Gasteiger partial charge on any atom is 0.223 e. The van der Waals surface area contributed by atoms with Crippen molar-refractivity contribution in [1.29, 1.82) is 0 Å². The highest BCUT2D eigenvalue weighted by atomic mass is 79.9. The first-order valence-corrected chi connectivity index (χ1v) is 6.81. The standard InChI is InChI=1S/C13H17BrN2O3/c14-10-4-1-2-5-11(10)19-9-7-13(18)16-8-3-6-12(15)17/h1-2,4-5H,3,6-9H2,(H2,15,17)(H,16,18). The predicted octanol–water partition coefficient (Wildman–Crippen LogP) is 1.60. The maximum atomic E-state index is 11.4. The normalized spacial score (nSPS) is 9.95. The van der Waals surface area contributed by atoms with Crippen LogP contribution in [-0.2, 0) is 9.59 Å². The number of hydrogen-bond acceptors (Lipinski definition) is 3. The maximum absolute atomic E-state index is 11.4. The van der Waals surface area contributed by atoms with E-state index in [4.69, 9.17) is 10.5 Å². The van der Waals surface area contributed by atoms with Gasteiger partial charge in [-0.3, -0.25) is 9.59 Å². The van der Waals surface area contributed by atoms with Crippen molar-refractivity contribution in [2.75, 3.05) is 13.2 Å². The Labute approximate surface area is 120 Å². The van der Waals surface area contributed by atoms with E-state index >= 15 is 0 Å². The van der Waals surface area contributed by atoms with Crippen LogP contribution in [0.15, 0.2) is 28.7 Å². The van der Waals surface area contributed by atoms with E-state index in [-0.39, 0.29) is 24.7 Å². The monoisotopic (exact) mass is 328 g/mol. The fraction of sp³-hybridized carbons (Fsp3) is 0.385. The molecule has 2 amide bonds. The number of carbonyl (C=O) groups is 2. The topological polar surface area (TPSA) is 81.4 Å². The summed E-state index contributed by atoms with van der Waals surface area (Å²) in [5.74, 6) is 0.257. The zero-order valence-corrected chi connectivity index (χ0v) is 12.1. The molecule has 0 heterocycles. The molecule has 0 bridgehead atoms. The molecular formula is C13H17BrN2O3. The number of benzene rings is 1. The third-order valence-corrected chi connectivity index (χ3v) is 3.00. The molecule has 0 aliphatic heterocycles. The summed E-state index contributed by atoms with van der Waals surface area (Å²) in [4.78, 5) is 21.9. The molecule has 1 aromatic carbocycles. The molecule has 5 nitrogen and oxygen atoms in total. The van der Waals surface area contributed by atoms with Crippen molar-refractivity contribution in [2.24, 2.45) is 5.73 Å². The first-order valence-electron chi connectivity index (χ1n) is 6.02. The van der Waals surface area contributed by atoms with Crippen LogP contribution in [0.2, 0.25) is 0 Å². The van der Waals surface area contributed by atoms with Gasteiger partial charge in [0, 0.05) is 13.0 Å². The summed E-state index contributed by atoms with van der Waals surface area (Å²) in [5.41, 5.74) is 4.99. The molecule has 0 saturated carbocycles. The molecule has 19 heavy (non-hydrogen) atoms. The summed E-state index contributed by atoms with van der Waals surface area (Å²) in [6.07, 6.45) is 1.12. The van der Waals surface area contributed by atoms with Gasteiger partial charge in [-0.05, 0) is 34.5 Å². The average Bonchev–Trinajstić information content (AvgIpc) is 2.37. The van der Waals surface area contributed by atoms with Gasteiger partial charge >= 0.3 is 0 Å². The highest BCUT2D eigenvalue weighted by Gasteiger charge is 2.03. The predicted molar refractivity (Wildman–Crippen MR) is 75.7 cm³/mol. The number of para-hydroxylation sites is 1. The average molecular weight is 329 g/mol. The van der Waals surface area contributed by atoms with Gasteiger partial charge in [0.2, 0.25) is 11.8 Å². The van der Waals surface area contributed by atoms with Crippen molar-refractivity contribution < 1.29 is 14.3 Å². The Hall–Kier alpha value is -1.56. The lowest BCUT2D eigenvalue weighted by Gasteiger charge is -2.08. The van der Waals surface area contributed by atoms with Crippen molar-refractivity contribution >= 4 is 27.7 Å². The zero-order chi connectivity index (χ0) is 14.1. The number of halogens is 1. The smallest absolute Gasteiger partial charge is 0.223 e. The van der Waals surface area contributed by atoms with Gasteiger partial charge in [0.25, 0.3) is 0 Å². The molecule has 3 N–H and O–H groups in total. The molecule has 0 aromatic heterocycles. The minimum Gasteiger partial charge on any atom is -0.492 e. The molecule has 6 heteroatoms. The molecule has 0 fully saturated rings. The van der Waals surface area contributed by atoms with Crippen LogP contribution in [0.5, 0.6) is 5.75 Å². The summed E-state index contributed by atoms with van der Waals surface area (Å²) in [6, 6.07) is 7.46. The lowest BCUT2D eigenvalue weighted by atomic mass is 10.3. The number of nitrogens with two attached hydrogens (primary N) is 1. The van der Waals surface area contributed by atoms with Crippen LogP contribution in [0.4, 0.5) is 0 Å². The van der Waals surface area contributed by atoms with Gasteiger partial charge in [0.05, 0.1) is 17.5 Å². The first-order chi connectivity index (χ1) is 9.09. The number of rotatable bonds is 8. The lowest BCUT2D eigenvalue weighted by Crippen LogP contribution is -2.26. The second kappa shape index (κ2) is 8.53. The Balaban J connectivity index is 2.14. The van der Waals surface area contributed by atoms with Gasteiger partial charge in [0.15, 0.2) is 0 Å². The summed E-state index contributed by atoms with van der Waals surface area (Å²) in [7, 11) is 0. The van der Waals surface area contributed by atoms with Crippen molar-refractivity contribution in [3.8, 4) is 5.75 Å². The van der Waals surface area contributed by atoms with Crippen molar-refractivity contribution in [3.05, 3.63) is 28.7 Å². The molecule has 0 aliphatic carbocycles. The van der Waals surface area contributed by atoms with Gasteiger partial charge < -0.3 is 15.8 Å². The van der Waals surface area contributed by atoms with Crippen molar-refractivity contribution in [1.82, 2.24) is 5.32 Å². The zero-order valence-electron chi connectivity index (χ0n) is 10.5. The van der Waals surface area contributed by atoms with Crippen LogP contribution in [-0.4, -0.2) is 25.0 Å². The van der Waals surface area contributed by atoms with E-state index in [0.29, 0.717) is 25.3 Å². The number of nitrogens with one attached hydrogen (secondary N) is 1. The van der Waals surface area contributed by atoms with Crippen LogP contribution in [0.25, 0.3) is 0 Å². The molecule has 104 valence electrons. The Bertz CT molecular complexity index is 438.